The van der Waals surface area contributed by atoms with E-state index in [2.05, 4.69) is 4.90 Å². The van der Waals surface area contributed by atoms with Crippen LogP contribution in [-0.4, -0.2) is 29.3 Å². The van der Waals surface area contributed by atoms with E-state index < -0.39 is 0 Å². The van der Waals surface area contributed by atoms with Crippen molar-refractivity contribution < 1.29 is 5.11 Å². The van der Waals surface area contributed by atoms with Gasteiger partial charge in [-0.15, -0.1) is 0 Å². The Morgan fingerprint density at radius 2 is 2.29 bits per heavy atom. The number of aliphatic hydroxyl groups is 1. The van der Waals surface area contributed by atoms with E-state index in [0.29, 0.717) is 22.1 Å². The second kappa shape index (κ2) is 5.21. The van der Waals surface area contributed by atoms with Gasteiger partial charge in [0.2, 0.25) is 0 Å². The first-order valence-electron chi connectivity index (χ1n) is 5.61. The zero-order chi connectivity index (χ0) is 12.4. The highest BCUT2D eigenvalue weighted by molar-refractivity contribution is 7.80. The van der Waals surface area contributed by atoms with Gasteiger partial charge in [-0.25, -0.2) is 0 Å². The lowest BCUT2D eigenvalue weighted by atomic mass is 10.1. The van der Waals surface area contributed by atoms with Crippen LogP contribution in [0.25, 0.3) is 0 Å². The summed E-state index contributed by atoms with van der Waals surface area (Å²) < 4.78 is 0. The normalized spacial score (nSPS) is 20.4. The molecule has 1 aromatic rings. The van der Waals surface area contributed by atoms with Gasteiger partial charge in [-0.3, -0.25) is 0 Å². The summed E-state index contributed by atoms with van der Waals surface area (Å²) in [5.41, 5.74) is 7.34. The molecule has 1 heterocycles. The van der Waals surface area contributed by atoms with E-state index in [9.17, 15) is 5.11 Å². The largest absolute Gasteiger partial charge is 0.391 e. The third kappa shape index (κ3) is 2.70. The SMILES string of the molecule is NC(=S)c1c(Cl)cccc1N1CCCC(O)C1. The Labute approximate surface area is 111 Å². The molecule has 1 atom stereocenters. The van der Waals surface area contributed by atoms with Gasteiger partial charge < -0.3 is 15.7 Å². The maximum Gasteiger partial charge on any atom is 0.107 e. The molecule has 1 fully saturated rings. The van der Waals surface area contributed by atoms with Gasteiger partial charge in [0.25, 0.3) is 0 Å². The minimum absolute atomic E-state index is 0.290. The Hall–Kier alpha value is -0.840. The maximum atomic E-state index is 9.70. The Balaban J connectivity index is 2.37. The predicted molar refractivity (Wildman–Crippen MR) is 74.8 cm³/mol. The number of anilines is 1. The van der Waals surface area contributed by atoms with Crippen LogP contribution >= 0.6 is 23.8 Å². The number of nitrogens with two attached hydrogens (primary N) is 1. The first-order chi connectivity index (χ1) is 8.09. The molecule has 1 aliphatic rings. The van der Waals surface area contributed by atoms with Crippen molar-refractivity contribution in [2.75, 3.05) is 18.0 Å². The zero-order valence-electron chi connectivity index (χ0n) is 9.40. The topological polar surface area (TPSA) is 49.5 Å². The smallest absolute Gasteiger partial charge is 0.107 e. The molecule has 2 rings (SSSR count). The highest BCUT2D eigenvalue weighted by Crippen LogP contribution is 2.29. The molecule has 0 bridgehead atoms. The minimum Gasteiger partial charge on any atom is -0.391 e. The molecule has 92 valence electrons. The van der Waals surface area contributed by atoms with Crippen LogP contribution in [0.2, 0.25) is 5.02 Å². The molecule has 0 radical (unpaired) electrons. The molecular weight excluding hydrogens is 256 g/mol. The minimum atomic E-state index is -0.290. The number of aliphatic hydroxyl groups excluding tert-OH is 1. The summed E-state index contributed by atoms with van der Waals surface area (Å²) in [5.74, 6) is 0. The molecular formula is C12H15ClN2OS. The van der Waals surface area contributed by atoms with Crippen LogP contribution in [0.5, 0.6) is 0 Å². The van der Waals surface area contributed by atoms with Gasteiger partial charge in [0.1, 0.15) is 4.99 Å². The van der Waals surface area contributed by atoms with Crippen molar-refractivity contribution in [3.63, 3.8) is 0 Å². The molecule has 1 aromatic carbocycles. The van der Waals surface area contributed by atoms with Crippen molar-refractivity contribution in [3.8, 4) is 0 Å². The third-order valence-corrected chi connectivity index (χ3v) is 3.49. The standard InChI is InChI=1S/C12H15ClN2OS/c13-9-4-1-5-10(11(9)12(14)17)15-6-2-3-8(16)7-15/h1,4-5,8,16H,2-3,6-7H2,(H2,14,17). The van der Waals surface area contributed by atoms with Gasteiger partial charge in [-0.2, -0.15) is 0 Å². The first kappa shape index (κ1) is 12.6. The van der Waals surface area contributed by atoms with Crippen molar-refractivity contribution >= 4 is 34.5 Å². The number of β-amino-alcohol motifs (C(OH)–C–C–N with tert-alkyl or cyclic N) is 1. The molecule has 0 aromatic heterocycles. The van der Waals surface area contributed by atoms with Crippen LogP contribution in [0, 0.1) is 0 Å². The summed E-state index contributed by atoms with van der Waals surface area (Å²) in [4.78, 5) is 2.39. The third-order valence-electron chi connectivity index (χ3n) is 2.98. The fourth-order valence-corrected chi connectivity index (χ4v) is 2.74. The molecule has 17 heavy (non-hydrogen) atoms. The summed E-state index contributed by atoms with van der Waals surface area (Å²) in [6, 6.07) is 5.60. The average molecular weight is 271 g/mol. The van der Waals surface area contributed by atoms with Crippen molar-refractivity contribution in [2.24, 2.45) is 5.73 Å². The molecule has 0 amide bonds. The number of nitrogens with zero attached hydrogens (tertiary/aromatic N) is 1. The van der Waals surface area contributed by atoms with Crippen molar-refractivity contribution in [2.45, 2.75) is 18.9 Å². The molecule has 3 N–H and O–H groups in total. The van der Waals surface area contributed by atoms with E-state index in [1.165, 1.54) is 0 Å². The molecule has 0 aliphatic carbocycles. The molecule has 0 spiro atoms. The van der Waals surface area contributed by atoms with Gasteiger partial charge in [-0.05, 0) is 25.0 Å². The van der Waals surface area contributed by atoms with Crippen LogP contribution in [-0.2, 0) is 0 Å². The van der Waals surface area contributed by atoms with E-state index >= 15 is 0 Å². The summed E-state index contributed by atoms with van der Waals surface area (Å²) in [5, 5.41) is 10.3. The maximum absolute atomic E-state index is 9.70. The number of halogens is 1. The fourth-order valence-electron chi connectivity index (χ4n) is 2.19. The van der Waals surface area contributed by atoms with Gasteiger partial charge in [0, 0.05) is 18.8 Å². The Morgan fingerprint density at radius 3 is 2.94 bits per heavy atom. The van der Waals surface area contributed by atoms with Gasteiger partial charge in [0.15, 0.2) is 0 Å². The number of benzene rings is 1. The molecule has 1 saturated heterocycles. The zero-order valence-corrected chi connectivity index (χ0v) is 11.0. The Morgan fingerprint density at radius 1 is 1.53 bits per heavy atom. The number of piperidine rings is 1. The summed E-state index contributed by atoms with van der Waals surface area (Å²) in [6.07, 6.45) is 1.52. The highest BCUT2D eigenvalue weighted by atomic mass is 35.5. The van der Waals surface area contributed by atoms with E-state index in [-0.39, 0.29) is 6.10 Å². The van der Waals surface area contributed by atoms with Crippen LogP contribution in [0.1, 0.15) is 18.4 Å². The fraction of sp³-hybridized carbons (Fsp3) is 0.417. The summed E-state index contributed by atoms with van der Waals surface area (Å²) in [6.45, 7) is 1.50. The van der Waals surface area contributed by atoms with Crippen molar-refractivity contribution in [1.29, 1.82) is 0 Å². The monoisotopic (exact) mass is 270 g/mol. The number of hydrogen-bond acceptors (Lipinski definition) is 3. The molecule has 1 unspecified atom stereocenters. The molecule has 3 nitrogen and oxygen atoms in total. The summed E-state index contributed by atoms with van der Waals surface area (Å²) >= 11 is 11.2. The number of thiocarbonyl (C=S) groups is 1. The molecule has 5 heteroatoms. The lowest BCUT2D eigenvalue weighted by molar-refractivity contribution is 0.154. The summed E-state index contributed by atoms with van der Waals surface area (Å²) in [7, 11) is 0. The van der Waals surface area contributed by atoms with Crippen molar-refractivity contribution in [3.05, 3.63) is 28.8 Å². The predicted octanol–water partition coefficient (Wildman–Crippen LogP) is 1.94. The quantitative estimate of drug-likeness (QED) is 0.807. The second-order valence-electron chi connectivity index (χ2n) is 4.24. The molecule has 0 saturated carbocycles. The average Bonchev–Trinajstić information content (AvgIpc) is 2.28. The van der Waals surface area contributed by atoms with Crippen LogP contribution in [0.3, 0.4) is 0 Å². The van der Waals surface area contributed by atoms with Crippen LogP contribution in [0.15, 0.2) is 18.2 Å². The lowest BCUT2D eigenvalue weighted by Gasteiger charge is -2.33. The first-order valence-corrected chi connectivity index (χ1v) is 6.39. The van der Waals surface area contributed by atoms with E-state index in [1.807, 2.05) is 12.1 Å². The number of hydrogen-bond donors (Lipinski definition) is 2. The van der Waals surface area contributed by atoms with Crippen LogP contribution in [0.4, 0.5) is 5.69 Å². The van der Waals surface area contributed by atoms with E-state index in [0.717, 1.165) is 25.1 Å². The number of rotatable bonds is 2. The highest BCUT2D eigenvalue weighted by Gasteiger charge is 2.21. The second-order valence-corrected chi connectivity index (χ2v) is 5.09. The molecule has 1 aliphatic heterocycles. The van der Waals surface area contributed by atoms with E-state index in [4.69, 9.17) is 29.6 Å². The van der Waals surface area contributed by atoms with E-state index in [1.54, 1.807) is 6.07 Å². The van der Waals surface area contributed by atoms with Crippen LogP contribution < -0.4 is 10.6 Å². The lowest BCUT2D eigenvalue weighted by Crippen LogP contribution is -2.39. The van der Waals surface area contributed by atoms with Gasteiger partial charge in [0.05, 0.1) is 16.7 Å². The van der Waals surface area contributed by atoms with Gasteiger partial charge in [-0.1, -0.05) is 29.9 Å². The Kier molecular flexibility index (Phi) is 3.86. The van der Waals surface area contributed by atoms with Gasteiger partial charge >= 0.3 is 0 Å². The van der Waals surface area contributed by atoms with Crippen molar-refractivity contribution in [1.82, 2.24) is 0 Å². The Bertz CT molecular complexity index is 439.